The molecule has 2 bridgehead atoms. The van der Waals surface area contributed by atoms with Crippen molar-refractivity contribution < 1.29 is 28.7 Å². The van der Waals surface area contributed by atoms with Crippen molar-refractivity contribution in [3.8, 4) is 0 Å². The molecule has 4 atom stereocenters. The lowest BCUT2D eigenvalue weighted by Gasteiger charge is -2.38. The van der Waals surface area contributed by atoms with E-state index < -0.39 is 47.9 Å². The van der Waals surface area contributed by atoms with Gasteiger partial charge in [0.1, 0.15) is 12.1 Å². The van der Waals surface area contributed by atoms with Crippen LogP contribution in [0.3, 0.4) is 0 Å². The van der Waals surface area contributed by atoms with Gasteiger partial charge in [-0.3, -0.25) is 29.0 Å². The number of ether oxygens (including phenoxy) is 1. The topological polar surface area (TPSA) is 162 Å². The number of likely N-dealkylation sites (N-methyl/N-ethyl adjacent to an activating group) is 1. The van der Waals surface area contributed by atoms with Crippen LogP contribution in [0.2, 0.25) is 0 Å². The lowest BCUT2D eigenvalue weighted by atomic mass is 10.0. The number of carbonyl (C=O) groups is 5. The van der Waals surface area contributed by atoms with E-state index in [1.54, 1.807) is 24.5 Å². The van der Waals surface area contributed by atoms with Crippen LogP contribution in [0.15, 0.2) is 54.9 Å². The van der Waals surface area contributed by atoms with E-state index in [4.69, 9.17) is 4.74 Å². The molecule has 2 aromatic rings. The minimum atomic E-state index is -1.10. The number of benzene rings is 1. The van der Waals surface area contributed by atoms with Crippen molar-refractivity contribution in [3.05, 3.63) is 60.4 Å². The van der Waals surface area contributed by atoms with E-state index in [2.05, 4.69) is 26.3 Å². The highest BCUT2D eigenvalue weighted by Gasteiger charge is 2.37. The van der Waals surface area contributed by atoms with E-state index in [0.717, 1.165) is 5.56 Å². The predicted octanol–water partition coefficient (Wildman–Crippen LogP) is -0.0639. The molecular weight excluding hydrogens is 566 g/mol. The molecule has 0 saturated carbocycles. The molecule has 5 amide bonds. The van der Waals surface area contributed by atoms with Gasteiger partial charge in [-0.25, -0.2) is 0 Å². The second kappa shape index (κ2) is 15.3. The Balaban J connectivity index is 1.59. The van der Waals surface area contributed by atoms with Crippen LogP contribution in [0.5, 0.6) is 0 Å². The van der Waals surface area contributed by atoms with E-state index >= 15 is 0 Å². The van der Waals surface area contributed by atoms with Gasteiger partial charge in [-0.2, -0.15) is 0 Å². The van der Waals surface area contributed by atoms with Crippen molar-refractivity contribution >= 4 is 35.2 Å². The van der Waals surface area contributed by atoms with Gasteiger partial charge in [0.25, 0.3) is 5.91 Å². The summed E-state index contributed by atoms with van der Waals surface area (Å²) in [4.78, 5) is 73.4. The third-order valence-electron chi connectivity index (χ3n) is 7.43. The van der Waals surface area contributed by atoms with Crippen LogP contribution in [0, 0.1) is 5.92 Å². The number of nitrogens with zero attached hydrogens (tertiary/aromatic N) is 3. The summed E-state index contributed by atoms with van der Waals surface area (Å²) in [7, 11) is 1.48. The van der Waals surface area contributed by atoms with E-state index in [-0.39, 0.29) is 51.0 Å². The maximum Gasteiger partial charge on any atom is 0.251 e. The Bertz CT molecular complexity index is 1310. The normalized spacial score (nSPS) is 23.6. The minimum absolute atomic E-state index is 0.0131. The lowest BCUT2D eigenvalue weighted by molar-refractivity contribution is -0.156. The van der Waals surface area contributed by atoms with Gasteiger partial charge in [0.15, 0.2) is 6.10 Å². The van der Waals surface area contributed by atoms with Crippen molar-refractivity contribution in [1.82, 2.24) is 30.7 Å². The molecular formula is C31H41N7O6. The first-order valence-corrected chi connectivity index (χ1v) is 14.8. The van der Waals surface area contributed by atoms with Crippen LogP contribution >= 0.6 is 0 Å². The van der Waals surface area contributed by atoms with Crippen LogP contribution in [-0.4, -0.2) is 108 Å². The average Bonchev–Trinajstić information content (AvgIpc) is 3.01. The number of morpholine rings is 1. The number of rotatable bonds is 7. The first-order chi connectivity index (χ1) is 21.1. The molecule has 0 spiro atoms. The fraction of sp³-hybridized carbons (Fsp3) is 0.484. The molecule has 0 unspecified atom stereocenters. The van der Waals surface area contributed by atoms with Gasteiger partial charge in [0.2, 0.25) is 23.6 Å². The average molecular weight is 608 g/mol. The summed E-state index contributed by atoms with van der Waals surface area (Å²) in [6, 6.07) is 10.9. The number of anilines is 1. The molecule has 3 heterocycles. The zero-order valence-electron chi connectivity index (χ0n) is 25.3. The first-order valence-electron chi connectivity index (χ1n) is 14.8. The van der Waals surface area contributed by atoms with Gasteiger partial charge in [0.05, 0.1) is 31.4 Å². The Morgan fingerprint density at radius 3 is 2.50 bits per heavy atom. The second-order valence-electron chi connectivity index (χ2n) is 11.6. The highest BCUT2D eigenvalue weighted by Crippen LogP contribution is 2.15. The zero-order chi connectivity index (χ0) is 31.6. The number of hydrogen-bond acceptors (Lipinski definition) is 8. The number of pyridine rings is 1. The van der Waals surface area contributed by atoms with E-state index in [9.17, 15) is 24.0 Å². The van der Waals surface area contributed by atoms with Gasteiger partial charge in [-0.05, 0) is 30.0 Å². The largest absolute Gasteiger partial charge is 0.375 e. The second-order valence-corrected chi connectivity index (χ2v) is 11.6. The molecule has 2 fully saturated rings. The minimum Gasteiger partial charge on any atom is -0.375 e. The third kappa shape index (κ3) is 9.24. The molecule has 2 aliphatic rings. The third-order valence-corrected chi connectivity index (χ3v) is 7.43. The van der Waals surface area contributed by atoms with Crippen LogP contribution in [0.1, 0.15) is 25.8 Å². The molecule has 236 valence electrons. The number of fused-ring (bicyclic) bond motifs is 2. The Hall–Kier alpha value is -4.52. The van der Waals surface area contributed by atoms with Crippen molar-refractivity contribution in [2.45, 2.75) is 51.0 Å². The van der Waals surface area contributed by atoms with Crippen molar-refractivity contribution in [1.29, 1.82) is 0 Å². The number of aromatic nitrogens is 1. The van der Waals surface area contributed by atoms with Crippen molar-refractivity contribution in [2.24, 2.45) is 5.92 Å². The molecule has 13 nitrogen and oxygen atoms in total. The molecule has 4 N–H and O–H groups in total. The Kier molecular flexibility index (Phi) is 11.2. The molecule has 0 radical (unpaired) electrons. The Morgan fingerprint density at radius 2 is 1.80 bits per heavy atom. The number of hydrogen-bond donors (Lipinski definition) is 4. The summed E-state index contributed by atoms with van der Waals surface area (Å²) >= 11 is 0. The van der Waals surface area contributed by atoms with Gasteiger partial charge in [-0.15, -0.1) is 0 Å². The maximum atomic E-state index is 13.6. The SMILES string of the molecule is CC(C)C[C@@H]1NC(=O)CN(C)C(=O)[C@@H](Cc2ccccc2)NC(=O)[C@H]2CN(C(=O)CNc3cccnc3)C[C@@H](CNC1=O)O2. The summed E-state index contributed by atoms with van der Waals surface area (Å²) in [5.74, 6) is -2.12. The monoisotopic (exact) mass is 607 g/mol. The first kappa shape index (κ1) is 32.4. The van der Waals surface area contributed by atoms with E-state index in [1.165, 1.54) is 16.8 Å². The summed E-state index contributed by atoms with van der Waals surface area (Å²) < 4.78 is 6.10. The smallest absolute Gasteiger partial charge is 0.251 e. The molecule has 2 aliphatic heterocycles. The summed E-state index contributed by atoms with van der Waals surface area (Å²) in [6.07, 6.45) is 1.98. The van der Waals surface area contributed by atoms with Crippen LogP contribution in [0.25, 0.3) is 0 Å². The van der Waals surface area contributed by atoms with Crippen molar-refractivity contribution in [2.75, 3.05) is 45.1 Å². The molecule has 4 rings (SSSR count). The van der Waals surface area contributed by atoms with Crippen LogP contribution in [0.4, 0.5) is 5.69 Å². The van der Waals surface area contributed by atoms with Gasteiger partial charge >= 0.3 is 0 Å². The number of amides is 5. The number of carbonyl (C=O) groups excluding carboxylic acids is 5. The van der Waals surface area contributed by atoms with Gasteiger partial charge in [0, 0.05) is 39.0 Å². The quantitative estimate of drug-likeness (QED) is 0.340. The highest BCUT2D eigenvalue weighted by atomic mass is 16.5. The summed E-state index contributed by atoms with van der Waals surface area (Å²) in [5, 5.41) is 11.4. The standard InChI is InChI=1S/C31H41N7O6/c1-20(2)12-24-29(41)34-15-23-17-38(28(40)16-33-22-10-7-11-32-14-22)18-26(44-23)30(42)36-25(13-21-8-5-4-6-9-21)31(43)37(3)19-27(39)35-24/h4-11,14,20,23-26,33H,12-13,15-19H2,1-3H3,(H,34,41)(H,35,39)(H,36,42)/t23-,24+,25-,26-/m1/s1. The predicted molar refractivity (Wildman–Crippen MR) is 162 cm³/mol. The molecule has 0 aliphatic carbocycles. The molecule has 13 heteroatoms. The van der Waals surface area contributed by atoms with Crippen LogP contribution < -0.4 is 21.3 Å². The van der Waals surface area contributed by atoms with Gasteiger partial charge < -0.3 is 35.8 Å². The van der Waals surface area contributed by atoms with Crippen LogP contribution in [-0.2, 0) is 35.1 Å². The molecule has 2 saturated heterocycles. The Morgan fingerprint density at radius 1 is 1.02 bits per heavy atom. The molecule has 1 aromatic heterocycles. The van der Waals surface area contributed by atoms with E-state index in [0.29, 0.717) is 12.1 Å². The molecule has 44 heavy (non-hydrogen) atoms. The van der Waals surface area contributed by atoms with Crippen molar-refractivity contribution in [3.63, 3.8) is 0 Å². The lowest BCUT2D eigenvalue weighted by Crippen LogP contribution is -2.60. The summed E-state index contributed by atoms with van der Waals surface area (Å²) in [5.41, 5.74) is 1.48. The maximum absolute atomic E-state index is 13.6. The number of nitrogens with one attached hydrogen (secondary N) is 4. The van der Waals surface area contributed by atoms with Gasteiger partial charge in [-0.1, -0.05) is 44.2 Å². The van der Waals surface area contributed by atoms with E-state index in [1.807, 2.05) is 44.2 Å². The fourth-order valence-corrected chi connectivity index (χ4v) is 5.21. The highest BCUT2D eigenvalue weighted by molar-refractivity contribution is 5.93. The zero-order valence-corrected chi connectivity index (χ0v) is 25.3. The Labute approximate surface area is 257 Å². The molecule has 1 aromatic carbocycles. The summed E-state index contributed by atoms with van der Waals surface area (Å²) in [6.45, 7) is 3.65. The fourth-order valence-electron chi connectivity index (χ4n) is 5.21.